The van der Waals surface area contributed by atoms with Gasteiger partial charge in [-0.3, -0.25) is 4.79 Å². The predicted octanol–water partition coefficient (Wildman–Crippen LogP) is 3.18. The van der Waals surface area contributed by atoms with Crippen molar-refractivity contribution in [2.45, 2.75) is 32.4 Å². The highest BCUT2D eigenvalue weighted by molar-refractivity contribution is 6.02. The van der Waals surface area contributed by atoms with Crippen molar-refractivity contribution in [2.75, 3.05) is 5.32 Å². The predicted molar refractivity (Wildman–Crippen MR) is 66.8 cm³/mol. The molecule has 2 N–H and O–H groups in total. The average Bonchev–Trinajstić information content (AvgIpc) is 2.26. The van der Waals surface area contributed by atoms with Crippen LogP contribution < -0.4 is 5.32 Å². The highest BCUT2D eigenvalue weighted by atomic mass is 19.4. The highest BCUT2D eigenvalue weighted by Crippen LogP contribution is 2.28. The van der Waals surface area contributed by atoms with E-state index in [0.29, 0.717) is 5.56 Å². The largest absolute Gasteiger partial charge is 0.478 e. The number of amides is 1. The fourth-order valence-corrected chi connectivity index (χ4v) is 1.49. The molecule has 0 saturated heterocycles. The van der Waals surface area contributed by atoms with Crippen LogP contribution in [0.4, 0.5) is 18.9 Å². The lowest BCUT2D eigenvalue weighted by molar-refractivity contribution is -0.167. The second-order valence-corrected chi connectivity index (χ2v) is 5.27. The summed E-state index contributed by atoms with van der Waals surface area (Å²) in [5, 5.41) is 10.6. The van der Waals surface area contributed by atoms with Gasteiger partial charge in [0, 0.05) is 0 Å². The Morgan fingerprint density at radius 3 is 2.10 bits per heavy atom. The molecule has 1 aromatic carbocycles. The first-order chi connectivity index (χ1) is 8.93. The lowest BCUT2D eigenvalue weighted by Crippen LogP contribution is -2.30. The van der Waals surface area contributed by atoms with Gasteiger partial charge < -0.3 is 10.4 Å². The number of aromatic carboxylic acids is 1. The SMILES string of the molecule is CC(C)(C)c1ccc(NC(=O)C(F)(F)F)c(C(=O)O)c1. The van der Waals surface area contributed by atoms with Gasteiger partial charge in [0.2, 0.25) is 0 Å². The summed E-state index contributed by atoms with van der Waals surface area (Å²) < 4.78 is 36.5. The maximum Gasteiger partial charge on any atom is 0.471 e. The molecule has 1 aromatic rings. The molecule has 1 rings (SSSR count). The van der Waals surface area contributed by atoms with E-state index < -0.39 is 18.1 Å². The number of carbonyl (C=O) groups is 2. The van der Waals surface area contributed by atoms with E-state index in [0.717, 1.165) is 6.07 Å². The topological polar surface area (TPSA) is 66.4 Å². The van der Waals surface area contributed by atoms with Crippen LogP contribution in [-0.4, -0.2) is 23.2 Å². The fraction of sp³-hybridized carbons (Fsp3) is 0.385. The molecule has 1 amide bonds. The van der Waals surface area contributed by atoms with Crippen LogP contribution in [0.25, 0.3) is 0 Å². The maximum absolute atomic E-state index is 12.2. The van der Waals surface area contributed by atoms with Crippen LogP contribution in [-0.2, 0) is 10.2 Å². The van der Waals surface area contributed by atoms with Crippen LogP contribution in [0.5, 0.6) is 0 Å². The third-order valence-corrected chi connectivity index (χ3v) is 2.62. The van der Waals surface area contributed by atoms with Gasteiger partial charge in [-0.2, -0.15) is 13.2 Å². The van der Waals surface area contributed by atoms with Crippen LogP contribution >= 0.6 is 0 Å². The number of anilines is 1. The van der Waals surface area contributed by atoms with Crippen molar-refractivity contribution >= 4 is 17.6 Å². The zero-order valence-electron chi connectivity index (χ0n) is 11.1. The van der Waals surface area contributed by atoms with E-state index in [4.69, 9.17) is 5.11 Å². The smallest absolute Gasteiger partial charge is 0.471 e. The summed E-state index contributed by atoms with van der Waals surface area (Å²) in [4.78, 5) is 22.0. The van der Waals surface area contributed by atoms with Crippen LogP contribution in [0.2, 0.25) is 0 Å². The number of carbonyl (C=O) groups excluding carboxylic acids is 1. The molecule has 20 heavy (non-hydrogen) atoms. The van der Waals surface area contributed by atoms with E-state index in [-0.39, 0.29) is 16.7 Å². The summed E-state index contributed by atoms with van der Waals surface area (Å²) in [5.41, 5.74) is -0.487. The highest BCUT2D eigenvalue weighted by Gasteiger charge is 2.39. The molecule has 4 nitrogen and oxygen atoms in total. The molecule has 0 spiro atoms. The minimum Gasteiger partial charge on any atom is -0.478 e. The van der Waals surface area contributed by atoms with Gasteiger partial charge in [0.1, 0.15) is 0 Å². The summed E-state index contributed by atoms with van der Waals surface area (Å²) in [6.45, 7) is 5.51. The number of benzene rings is 1. The minimum absolute atomic E-state index is 0.364. The first-order valence-electron chi connectivity index (χ1n) is 5.69. The summed E-state index contributed by atoms with van der Waals surface area (Å²) >= 11 is 0. The zero-order valence-corrected chi connectivity index (χ0v) is 11.1. The van der Waals surface area contributed by atoms with Crippen LogP contribution in [0.1, 0.15) is 36.7 Å². The Hall–Kier alpha value is -2.05. The van der Waals surface area contributed by atoms with Crippen molar-refractivity contribution in [3.8, 4) is 0 Å². The lowest BCUT2D eigenvalue weighted by Gasteiger charge is -2.20. The number of carboxylic acids is 1. The summed E-state index contributed by atoms with van der Waals surface area (Å²) in [5.74, 6) is -3.61. The Kier molecular flexibility index (Phi) is 4.12. The van der Waals surface area contributed by atoms with E-state index in [9.17, 15) is 22.8 Å². The number of hydrogen-bond donors (Lipinski definition) is 2. The van der Waals surface area contributed by atoms with Gasteiger partial charge in [-0.15, -0.1) is 0 Å². The molecule has 0 heterocycles. The Balaban J connectivity index is 3.22. The first-order valence-corrected chi connectivity index (χ1v) is 5.69. The Bertz CT molecular complexity index is 545. The molecule has 0 fully saturated rings. The molecule has 0 aromatic heterocycles. The van der Waals surface area contributed by atoms with Crippen LogP contribution in [0.3, 0.4) is 0 Å². The zero-order chi connectivity index (χ0) is 15.7. The Morgan fingerprint density at radius 1 is 1.15 bits per heavy atom. The van der Waals surface area contributed by atoms with Gasteiger partial charge in [-0.05, 0) is 23.1 Å². The van der Waals surface area contributed by atoms with Crippen molar-refractivity contribution in [1.82, 2.24) is 0 Å². The molecule has 0 unspecified atom stereocenters. The van der Waals surface area contributed by atoms with E-state index in [1.54, 1.807) is 5.32 Å². The van der Waals surface area contributed by atoms with Crippen LogP contribution in [0, 0.1) is 0 Å². The molecular formula is C13H14F3NO3. The van der Waals surface area contributed by atoms with E-state index in [1.807, 2.05) is 20.8 Å². The molecule has 0 bridgehead atoms. The van der Waals surface area contributed by atoms with Crippen molar-refractivity contribution < 1.29 is 27.9 Å². The monoisotopic (exact) mass is 289 g/mol. The number of alkyl halides is 3. The first kappa shape index (κ1) is 16.0. The molecule has 0 saturated carbocycles. The molecular weight excluding hydrogens is 275 g/mol. The number of hydrogen-bond acceptors (Lipinski definition) is 2. The molecule has 110 valence electrons. The van der Waals surface area contributed by atoms with Crippen molar-refractivity contribution in [3.05, 3.63) is 29.3 Å². The standard InChI is InChI=1S/C13H14F3NO3/c1-12(2,3)7-4-5-9(8(6-7)10(18)19)17-11(20)13(14,15)16/h4-6H,1-3H3,(H,17,20)(H,18,19). The number of rotatable bonds is 2. The van der Waals surface area contributed by atoms with Gasteiger partial charge in [-0.25, -0.2) is 4.79 Å². The van der Waals surface area contributed by atoms with Crippen molar-refractivity contribution in [2.24, 2.45) is 0 Å². The molecule has 0 atom stereocenters. The Morgan fingerprint density at radius 2 is 1.70 bits per heavy atom. The quantitative estimate of drug-likeness (QED) is 0.878. The average molecular weight is 289 g/mol. The van der Waals surface area contributed by atoms with E-state index in [2.05, 4.69) is 0 Å². The van der Waals surface area contributed by atoms with Gasteiger partial charge in [-0.1, -0.05) is 26.8 Å². The molecule has 0 aliphatic heterocycles. The third kappa shape index (κ3) is 3.72. The molecule has 0 aliphatic carbocycles. The van der Waals surface area contributed by atoms with Gasteiger partial charge in [0.25, 0.3) is 0 Å². The van der Waals surface area contributed by atoms with Gasteiger partial charge in [0.05, 0.1) is 11.3 Å². The normalized spacial score (nSPS) is 12.1. The molecule has 0 aliphatic rings. The second kappa shape index (κ2) is 5.15. The molecule has 7 heteroatoms. The minimum atomic E-state index is -5.07. The van der Waals surface area contributed by atoms with E-state index >= 15 is 0 Å². The summed E-state index contributed by atoms with van der Waals surface area (Å²) in [6, 6.07) is 3.90. The third-order valence-electron chi connectivity index (χ3n) is 2.62. The maximum atomic E-state index is 12.2. The fourth-order valence-electron chi connectivity index (χ4n) is 1.49. The van der Waals surface area contributed by atoms with E-state index in [1.165, 1.54) is 12.1 Å². The summed E-state index contributed by atoms with van der Waals surface area (Å²) in [7, 11) is 0. The van der Waals surface area contributed by atoms with Crippen molar-refractivity contribution in [3.63, 3.8) is 0 Å². The van der Waals surface area contributed by atoms with Crippen molar-refractivity contribution in [1.29, 1.82) is 0 Å². The molecule has 0 radical (unpaired) electrons. The van der Waals surface area contributed by atoms with Crippen LogP contribution in [0.15, 0.2) is 18.2 Å². The number of halogens is 3. The number of nitrogens with one attached hydrogen (secondary N) is 1. The Labute approximate surface area is 113 Å². The van der Waals surface area contributed by atoms with Gasteiger partial charge in [0.15, 0.2) is 0 Å². The van der Waals surface area contributed by atoms with Gasteiger partial charge >= 0.3 is 18.1 Å². The second-order valence-electron chi connectivity index (χ2n) is 5.27. The lowest BCUT2D eigenvalue weighted by atomic mass is 9.86. The number of carboxylic acid groups (broad SMARTS) is 1. The summed E-state index contributed by atoms with van der Waals surface area (Å²) in [6.07, 6.45) is -5.07.